The zero-order chi connectivity index (χ0) is 11.8. The molecule has 0 aliphatic carbocycles. The van der Waals surface area contributed by atoms with E-state index in [1.165, 1.54) is 24.8 Å². The maximum absolute atomic E-state index is 3.18. The van der Waals surface area contributed by atoms with Crippen molar-refractivity contribution in [2.24, 2.45) is 5.92 Å². The maximum atomic E-state index is 3.18. The van der Waals surface area contributed by atoms with Gasteiger partial charge in [-0.2, -0.15) is 0 Å². The molecule has 0 aliphatic rings. The van der Waals surface area contributed by atoms with Crippen molar-refractivity contribution in [3.63, 3.8) is 0 Å². The first-order chi connectivity index (χ1) is 7.72. The van der Waals surface area contributed by atoms with Crippen LogP contribution in [-0.4, -0.2) is 0 Å². The highest BCUT2D eigenvalue weighted by atomic mass is 14.0. The second-order valence-corrected chi connectivity index (χ2v) is 4.64. The van der Waals surface area contributed by atoms with Gasteiger partial charge in [-0.3, -0.25) is 0 Å². The van der Waals surface area contributed by atoms with Gasteiger partial charge in [-0.15, -0.1) is 0 Å². The Kier molecular flexibility index (Phi) is 5.72. The Hall–Kier alpha value is -1.22. The van der Waals surface area contributed by atoms with E-state index in [-0.39, 0.29) is 0 Å². The third kappa shape index (κ3) is 5.03. The van der Waals surface area contributed by atoms with Crippen LogP contribution in [0.2, 0.25) is 0 Å². The lowest BCUT2D eigenvalue weighted by molar-refractivity contribution is 0.556. The average molecular weight is 214 g/mol. The molecule has 0 radical (unpaired) electrons. The highest BCUT2D eigenvalue weighted by molar-refractivity contribution is 5.37. The lowest BCUT2D eigenvalue weighted by atomic mass is 10.0. The van der Waals surface area contributed by atoms with Crippen LogP contribution < -0.4 is 0 Å². The molecule has 0 heterocycles. The molecule has 86 valence electrons. The topological polar surface area (TPSA) is 0 Å². The van der Waals surface area contributed by atoms with Crippen LogP contribution in [-0.2, 0) is 6.42 Å². The lowest BCUT2D eigenvalue weighted by Crippen LogP contribution is -1.91. The molecule has 0 unspecified atom stereocenters. The quantitative estimate of drug-likeness (QED) is 0.651. The van der Waals surface area contributed by atoms with Crippen LogP contribution in [0.4, 0.5) is 0 Å². The summed E-state index contributed by atoms with van der Waals surface area (Å²) >= 11 is 0. The Morgan fingerprint density at radius 3 is 2.75 bits per heavy atom. The van der Waals surface area contributed by atoms with Gasteiger partial charge < -0.3 is 0 Å². The Balaban J connectivity index is 2.54. The normalized spacial score (nSPS) is 10.0. The van der Waals surface area contributed by atoms with Gasteiger partial charge in [-0.1, -0.05) is 51.2 Å². The van der Waals surface area contributed by atoms with Crippen molar-refractivity contribution in [1.82, 2.24) is 0 Å². The smallest absolute Gasteiger partial charge is 0.0247 e. The lowest BCUT2D eigenvalue weighted by Gasteiger charge is -2.04. The second-order valence-electron chi connectivity index (χ2n) is 4.64. The van der Waals surface area contributed by atoms with Crippen molar-refractivity contribution >= 4 is 0 Å². The zero-order valence-corrected chi connectivity index (χ0v) is 10.7. The van der Waals surface area contributed by atoms with E-state index in [1.807, 2.05) is 0 Å². The van der Waals surface area contributed by atoms with Gasteiger partial charge in [0.1, 0.15) is 0 Å². The number of hydrogen-bond donors (Lipinski definition) is 0. The van der Waals surface area contributed by atoms with Crippen molar-refractivity contribution in [3.8, 4) is 11.8 Å². The molecule has 0 spiro atoms. The summed E-state index contributed by atoms with van der Waals surface area (Å²) in [6.45, 7) is 6.64. The van der Waals surface area contributed by atoms with Gasteiger partial charge in [0.2, 0.25) is 0 Å². The van der Waals surface area contributed by atoms with Crippen LogP contribution in [0.5, 0.6) is 0 Å². The average Bonchev–Trinajstić information content (AvgIpc) is 2.26. The minimum Gasteiger partial charge on any atom is -0.0982 e. The van der Waals surface area contributed by atoms with Gasteiger partial charge in [-0.05, 0) is 36.5 Å². The van der Waals surface area contributed by atoms with E-state index in [2.05, 4.69) is 56.9 Å². The maximum Gasteiger partial charge on any atom is 0.0247 e. The van der Waals surface area contributed by atoms with Crippen LogP contribution >= 0.6 is 0 Å². The van der Waals surface area contributed by atoms with Gasteiger partial charge in [0.25, 0.3) is 0 Å². The van der Waals surface area contributed by atoms with E-state index >= 15 is 0 Å². The first-order valence-corrected chi connectivity index (χ1v) is 6.30. The molecule has 0 N–H and O–H groups in total. The summed E-state index contributed by atoms with van der Waals surface area (Å²) in [7, 11) is 0. The fourth-order valence-corrected chi connectivity index (χ4v) is 1.71. The van der Waals surface area contributed by atoms with Gasteiger partial charge >= 0.3 is 0 Å². The Morgan fingerprint density at radius 2 is 2.06 bits per heavy atom. The molecular weight excluding hydrogens is 192 g/mol. The predicted octanol–water partition coefficient (Wildman–Crippen LogP) is 4.43. The number of benzene rings is 1. The van der Waals surface area contributed by atoms with Crippen molar-refractivity contribution in [2.45, 2.75) is 46.5 Å². The molecule has 0 aliphatic heterocycles. The van der Waals surface area contributed by atoms with Gasteiger partial charge in [0.15, 0.2) is 0 Å². The molecule has 16 heavy (non-hydrogen) atoms. The number of hydrogen-bond acceptors (Lipinski definition) is 0. The number of rotatable bonds is 4. The molecule has 0 saturated heterocycles. The van der Waals surface area contributed by atoms with Crippen LogP contribution in [0, 0.1) is 17.8 Å². The summed E-state index contributed by atoms with van der Waals surface area (Å²) in [5.74, 6) is 7.11. The van der Waals surface area contributed by atoms with Gasteiger partial charge in [0.05, 0.1) is 0 Å². The van der Waals surface area contributed by atoms with Crippen molar-refractivity contribution in [2.75, 3.05) is 0 Å². The third-order valence-electron chi connectivity index (χ3n) is 2.58. The zero-order valence-electron chi connectivity index (χ0n) is 10.7. The van der Waals surface area contributed by atoms with Crippen molar-refractivity contribution in [3.05, 3.63) is 35.4 Å². The van der Waals surface area contributed by atoms with Crippen LogP contribution in [0.1, 0.15) is 51.2 Å². The van der Waals surface area contributed by atoms with Crippen LogP contribution in [0.15, 0.2) is 24.3 Å². The fraction of sp³-hybridized carbons (Fsp3) is 0.500. The van der Waals surface area contributed by atoms with E-state index in [0.717, 1.165) is 17.9 Å². The highest BCUT2D eigenvalue weighted by Crippen LogP contribution is 2.11. The Labute approximate surface area is 100 Å². The van der Waals surface area contributed by atoms with E-state index in [0.29, 0.717) is 0 Å². The molecular formula is C16H22. The Bertz CT molecular complexity index is 363. The molecule has 0 fully saturated rings. The second kappa shape index (κ2) is 7.12. The summed E-state index contributed by atoms with van der Waals surface area (Å²) < 4.78 is 0. The minimum absolute atomic E-state index is 0.808. The fourth-order valence-electron chi connectivity index (χ4n) is 1.71. The molecule has 0 nitrogen and oxygen atoms in total. The molecule has 0 heteroatoms. The van der Waals surface area contributed by atoms with Gasteiger partial charge in [0, 0.05) is 12.0 Å². The summed E-state index contributed by atoms with van der Waals surface area (Å²) in [4.78, 5) is 0. The van der Waals surface area contributed by atoms with Crippen molar-refractivity contribution < 1.29 is 0 Å². The van der Waals surface area contributed by atoms with E-state index in [4.69, 9.17) is 0 Å². The molecule has 0 amide bonds. The van der Waals surface area contributed by atoms with E-state index in [9.17, 15) is 0 Å². The number of aryl methyl sites for hydroxylation is 1. The van der Waals surface area contributed by atoms with Crippen molar-refractivity contribution in [1.29, 1.82) is 0 Å². The molecule has 1 aromatic carbocycles. The molecule has 1 aromatic rings. The minimum atomic E-state index is 0.808. The largest absolute Gasteiger partial charge is 0.0982 e. The molecule has 0 bridgehead atoms. The third-order valence-corrected chi connectivity index (χ3v) is 2.58. The summed E-state index contributed by atoms with van der Waals surface area (Å²) in [5.41, 5.74) is 2.58. The van der Waals surface area contributed by atoms with E-state index in [1.54, 1.807) is 0 Å². The molecule has 0 aromatic heterocycles. The molecule has 0 saturated carbocycles. The predicted molar refractivity (Wildman–Crippen MR) is 71.4 cm³/mol. The highest BCUT2D eigenvalue weighted by Gasteiger charge is 1.97. The summed E-state index contributed by atoms with van der Waals surface area (Å²) in [6, 6.07) is 8.64. The van der Waals surface area contributed by atoms with Gasteiger partial charge in [-0.25, -0.2) is 0 Å². The summed E-state index contributed by atoms with van der Waals surface area (Å²) in [6.07, 6.45) is 4.70. The van der Waals surface area contributed by atoms with Crippen LogP contribution in [0.3, 0.4) is 0 Å². The monoisotopic (exact) mass is 214 g/mol. The Morgan fingerprint density at radius 1 is 1.25 bits per heavy atom. The standard InChI is InChI=1S/C16H22/c1-4-5-9-15-11-7-12-16(13-15)10-6-8-14(2)3/h7,11-14H,4,6,8,10H2,1-3H3. The molecule has 1 rings (SSSR count). The summed E-state index contributed by atoms with van der Waals surface area (Å²) in [5, 5.41) is 0. The SMILES string of the molecule is CCC#Cc1cccc(CCCC(C)C)c1. The van der Waals surface area contributed by atoms with Crippen LogP contribution in [0.25, 0.3) is 0 Å². The van der Waals surface area contributed by atoms with E-state index < -0.39 is 0 Å². The molecule has 0 atom stereocenters. The first-order valence-electron chi connectivity index (χ1n) is 6.30. The first kappa shape index (κ1) is 12.8.